The molecule has 0 radical (unpaired) electrons. The maximum Gasteiger partial charge on any atom is 0.290 e. The van der Waals surface area contributed by atoms with Gasteiger partial charge in [-0.2, -0.15) is 10.0 Å². The molecule has 0 unspecified atom stereocenters. The van der Waals surface area contributed by atoms with Crippen LogP contribution in [-0.2, 0) is 20.9 Å². The molecule has 38 heavy (non-hydrogen) atoms. The Hall–Kier alpha value is -4.22. The van der Waals surface area contributed by atoms with Crippen molar-refractivity contribution >= 4 is 39.2 Å². The minimum absolute atomic E-state index is 0.213. The Morgan fingerprint density at radius 2 is 1.68 bits per heavy atom. The van der Waals surface area contributed by atoms with Crippen molar-refractivity contribution in [3.8, 4) is 6.07 Å². The molecule has 8 heteroatoms. The predicted octanol–water partition coefficient (Wildman–Crippen LogP) is 4.45. The number of carbonyl (C=O) groups excluding carboxylic acids is 2. The Balaban J connectivity index is 1.27. The standard InChI is InChI=1S/C30H25N3O5/c1-17-6-5-9-21-25(17)37-32(26(21)34)15-14-30-13-12-29(2,38-30)23-24(30)28(36)33(27(23)35)22-11-10-18(16-31)19-7-3-4-8-20(19)22/h3-11,23-24H,12-15H2,1-2H3/t23-,24+,29-,30-/m1/s1. The Morgan fingerprint density at radius 1 is 0.947 bits per heavy atom. The van der Waals surface area contributed by atoms with Crippen molar-refractivity contribution in [2.45, 2.75) is 50.9 Å². The summed E-state index contributed by atoms with van der Waals surface area (Å²) in [5.41, 5.74) is 0.579. The molecule has 190 valence electrons. The van der Waals surface area contributed by atoms with Crippen LogP contribution in [0.4, 0.5) is 5.69 Å². The van der Waals surface area contributed by atoms with Crippen LogP contribution < -0.4 is 10.5 Å². The summed E-state index contributed by atoms with van der Waals surface area (Å²) in [6.07, 6.45) is 1.66. The second kappa shape index (κ2) is 7.65. The number of aromatic nitrogens is 1. The largest absolute Gasteiger partial charge is 0.375 e. The molecule has 0 saturated carbocycles. The fraction of sp³-hybridized carbons (Fsp3) is 0.333. The quantitative estimate of drug-likeness (QED) is 0.378. The fourth-order valence-electron chi connectivity index (χ4n) is 7.09. The van der Waals surface area contributed by atoms with Gasteiger partial charge in [-0.15, -0.1) is 0 Å². The summed E-state index contributed by atoms with van der Waals surface area (Å²) < 4.78 is 13.8. The van der Waals surface area contributed by atoms with Gasteiger partial charge >= 0.3 is 0 Å². The lowest BCUT2D eigenvalue weighted by Gasteiger charge is -2.31. The van der Waals surface area contributed by atoms with Gasteiger partial charge in [-0.05, 0) is 56.9 Å². The first kappa shape index (κ1) is 22.9. The van der Waals surface area contributed by atoms with Gasteiger partial charge in [-0.1, -0.05) is 36.4 Å². The summed E-state index contributed by atoms with van der Waals surface area (Å²) >= 11 is 0. The highest BCUT2D eigenvalue weighted by molar-refractivity contribution is 6.26. The summed E-state index contributed by atoms with van der Waals surface area (Å²) in [6, 6.07) is 18.3. The van der Waals surface area contributed by atoms with Gasteiger partial charge in [-0.25, -0.2) is 4.90 Å². The van der Waals surface area contributed by atoms with Gasteiger partial charge in [0.15, 0.2) is 5.58 Å². The SMILES string of the molecule is Cc1cccc2c(=O)n(CC[C@@]34CC[C@@](C)(O3)[C@H]3C(=O)N(c5ccc(C#N)c6ccccc56)C(=O)[C@H]34)oc12. The average Bonchev–Trinajstić information content (AvgIpc) is 3.60. The van der Waals surface area contributed by atoms with Gasteiger partial charge in [0, 0.05) is 10.8 Å². The first-order valence-electron chi connectivity index (χ1n) is 12.9. The molecule has 2 bridgehead atoms. The van der Waals surface area contributed by atoms with Crippen molar-refractivity contribution in [2.75, 3.05) is 4.90 Å². The predicted molar refractivity (Wildman–Crippen MR) is 139 cm³/mol. The maximum atomic E-state index is 14.1. The van der Waals surface area contributed by atoms with E-state index in [1.54, 1.807) is 18.2 Å². The van der Waals surface area contributed by atoms with Crippen LogP contribution in [0.3, 0.4) is 0 Å². The van der Waals surface area contributed by atoms with Crippen molar-refractivity contribution in [2.24, 2.45) is 11.8 Å². The molecule has 2 amide bonds. The molecule has 4 atom stereocenters. The molecular weight excluding hydrogens is 482 g/mol. The smallest absolute Gasteiger partial charge is 0.290 e. The maximum absolute atomic E-state index is 14.1. The number of nitriles is 1. The lowest BCUT2D eigenvalue weighted by atomic mass is 9.67. The molecular formula is C30H25N3O5. The second-order valence-electron chi connectivity index (χ2n) is 10.9. The van der Waals surface area contributed by atoms with Crippen molar-refractivity contribution in [1.29, 1.82) is 5.26 Å². The normalized spacial score (nSPS) is 28.0. The van der Waals surface area contributed by atoms with Crippen LogP contribution in [0.1, 0.15) is 37.3 Å². The molecule has 3 aromatic carbocycles. The van der Waals surface area contributed by atoms with Gasteiger partial charge in [0.2, 0.25) is 11.8 Å². The summed E-state index contributed by atoms with van der Waals surface area (Å²) in [6.45, 7) is 4.06. The summed E-state index contributed by atoms with van der Waals surface area (Å²) in [5, 5.41) is 11.5. The van der Waals surface area contributed by atoms with Crippen LogP contribution >= 0.6 is 0 Å². The molecule has 0 N–H and O–H groups in total. The van der Waals surface area contributed by atoms with Crippen molar-refractivity contribution in [3.05, 3.63) is 76.1 Å². The van der Waals surface area contributed by atoms with Gasteiger partial charge < -0.3 is 9.26 Å². The third kappa shape index (κ3) is 2.85. The highest BCUT2D eigenvalue weighted by atomic mass is 16.5. The van der Waals surface area contributed by atoms with E-state index in [0.29, 0.717) is 52.3 Å². The van der Waals surface area contributed by atoms with Gasteiger partial charge in [-0.3, -0.25) is 14.4 Å². The number of para-hydroxylation sites is 1. The van der Waals surface area contributed by atoms with Gasteiger partial charge in [0.05, 0.1) is 52.3 Å². The number of nitrogens with zero attached hydrogens (tertiary/aromatic N) is 3. The number of hydrogen-bond donors (Lipinski definition) is 0. The molecule has 3 fully saturated rings. The number of imide groups is 1. The number of aryl methyl sites for hydroxylation is 2. The second-order valence-corrected chi connectivity index (χ2v) is 10.9. The van der Waals surface area contributed by atoms with E-state index in [1.165, 1.54) is 9.64 Å². The van der Waals surface area contributed by atoms with Crippen molar-refractivity contribution < 1.29 is 18.8 Å². The molecule has 3 saturated heterocycles. The van der Waals surface area contributed by atoms with E-state index in [4.69, 9.17) is 9.26 Å². The zero-order chi connectivity index (χ0) is 26.4. The third-order valence-electron chi connectivity index (χ3n) is 8.88. The lowest BCUT2D eigenvalue weighted by Crippen LogP contribution is -2.43. The van der Waals surface area contributed by atoms with Crippen LogP contribution in [0.15, 0.2) is 63.9 Å². The molecule has 7 rings (SSSR count). The lowest BCUT2D eigenvalue weighted by molar-refractivity contribution is -0.131. The fourth-order valence-corrected chi connectivity index (χ4v) is 7.09. The third-order valence-corrected chi connectivity index (χ3v) is 8.88. The molecule has 4 aromatic rings. The number of anilines is 1. The van der Waals surface area contributed by atoms with Crippen LogP contribution in [0.5, 0.6) is 0 Å². The zero-order valence-corrected chi connectivity index (χ0v) is 21.1. The average molecular weight is 508 g/mol. The van der Waals surface area contributed by atoms with Crippen LogP contribution in [0.25, 0.3) is 21.7 Å². The topological polar surface area (TPSA) is 106 Å². The van der Waals surface area contributed by atoms with Gasteiger partial charge in [0.1, 0.15) is 0 Å². The molecule has 0 spiro atoms. The number of ether oxygens (including phenoxy) is 1. The number of rotatable bonds is 4. The Kier molecular flexibility index (Phi) is 4.62. The minimum atomic E-state index is -0.864. The van der Waals surface area contributed by atoms with Crippen molar-refractivity contribution in [3.63, 3.8) is 0 Å². The summed E-state index contributed by atoms with van der Waals surface area (Å²) in [5.74, 6) is -1.81. The molecule has 8 nitrogen and oxygen atoms in total. The van der Waals surface area contributed by atoms with Gasteiger partial charge in [0.25, 0.3) is 5.56 Å². The molecule has 0 aliphatic carbocycles. The van der Waals surface area contributed by atoms with E-state index in [1.807, 2.05) is 50.2 Å². The first-order valence-corrected chi connectivity index (χ1v) is 12.9. The van der Waals surface area contributed by atoms with E-state index in [-0.39, 0.29) is 23.9 Å². The van der Waals surface area contributed by atoms with E-state index in [9.17, 15) is 19.6 Å². The number of benzene rings is 3. The van der Waals surface area contributed by atoms with E-state index in [0.717, 1.165) is 5.56 Å². The Bertz CT molecular complexity index is 1800. The summed E-state index contributed by atoms with van der Waals surface area (Å²) in [7, 11) is 0. The van der Waals surface area contributed by atoms with E-state index < -0.39 is 23.0 Å². The van der Waals surface area contributed by atoms with Crippen molar-refractivity contribution in [1.82, 2.24) is 4.74 Å². The number of hydrogen-bond acceptors (Lipinski definition) is 6. The van der Waals surface area contributed by atoms with Crippen LogP contribution in [-0.4, -0.2) is 27.8 Å². The highest BCUT2D eigenvalue weighted by Gasteiger charge is 2.73. The van der Waals surface area contributed by atoms with E-state index >= 15 is 0 Å². The first-order chi connectivity index (χ1) is 18.3. The molecule has 1 aromatic heterocycles. The molecule has 4 heterocycles. The Morgan fingerprint density at radius 3 is 2.45 bits per heavy atom. The van der Waals surface area contributed by atoms with Crippen LogP contribution in [0.2, 0.25) is 0 Å². The summed E-state index contributed by atoms with van der Waals surface area (Å²) in [4.78, 5) is 42.3. The highest BCUT2D eigenvalue weighted by Crippen LogP contribution is 2.62. The zero-order valence-electron chi connectivity index (χ0n) is 21.1. The minimum Gasteiger partial charge on any atom is -0.375 e. The number of fused-ring (bicyclic) bond motifs is 7. The monoisotopic (exact) mass is 507 g/mol. The molecule has 3 aliphatic rings. The number of carbonyl (C=O) groups is 2. The molecule has 3 aliphatic heterocycles. The van der Waals surface area contributed by atoms with Crippen LogP contribution in [0, 0.1) is 30.1 Å². The Labute approximate surface area is 218 Å². The number of amides is 2. The van der Waals surface area contributed by atoms with E-state index in [2.05, 4.69) is 6.07 Å².